The first-order valence-electron chi connectivity index (χ1n) is 6.89. The highest BCUT2D eigenvalue weighted by Crippen LogP contribution is 2.36. The van der Waals surface area contributed by atoms with Gasteiger partial charge in [-0.3, -0.25) is 4.79 Å². The zero-order chi connectivity index (χ0) is 13.2. The van der Waals surface area contributed by atoms with Crippen molar-refractivity contribution < 1.29 is 4.79 Å². The minimum Gasteiger partial charge on any atom is -0.286 e. The number of hydrogen-bond donors (Lipinski definition) is 0. The molecule has 0 bridgehead atoms. The van der Waals surface area contributed by atoms with Gasteiger partial charge in [-0.1, -0.05) is 37.3 Å². The second kappa shape index (κ2) is 5.25. The number of fused-ring (bicyclic) bond motifs is 1. The maximum atomic E-state index is 12.4. The fourth-order valence-electron chi connectivity index (χ4n) is 2.71. The van der Waals surface area contributed by atoms with E-state index < -0.39 is 0 Å². The Morgan fingerprint density at radius 1 is 1.37 bits per heavy atom. The lowest BCUT2D eigenvalue weighted by Crippen LogP contribution is -2.08. The van der Waals surface area contributed by atoms with Crippen LogP contribution in [0.25, 0.3) is 0 Å². The van der Waals surface area contributed by atoms with Crippen molar-refractivity contribution in [3.63, 3.8) is 0 Å². The van der Waals surface area contributed by atoms with Crippen molar-refractivity contribution in [2.45, 2.75) is 38.5 Å². The van der Waals surface area contributed by atoms with E-state index in [2.05, 4.69) is 11.9 Å². The molecular weight excluding hydrogens is 254 g/mol. The van der Waals surface area contributed by atoms with E-state index in [-0.39, 0.29) is 5.78 Å². The van der Waals surface area contributed by atoms with Gasteiger partial charge in [0.1, 0.15) is 0 Å². The van der Waals surface area contributed by atoms with Crippen LogP contribution < -0.4 is 0 Å². The lowest BCUT2D eigenvalue weighted by molar-refractivity contribution is 0.103. The highest BCUT2D eigenvalue weighted by atomic mass is 32.1. The van der Waals surface area contributed by atoms with Crippen LogP contribution in [-0.4, -0.2) is 10.8 Å². The highest BCUT2D eigenvalue weighted by molar-refractivity contribution is 7.14. The number of carbonyl (C=O) groups is 1. The van der Waals surface area contributed by atoms with Crippen LogP contribution in [0.5, 0.6) is 0 Å². The van der Waals surface area contributed by atoms with Gasteiger partial charge in [-0.25, -0.2) is 4.98 Å². The Morgan fingerprint density at radius 3 is 2.89 bits per heavy atom. The molecule has 98 valence electrons. The number of aryl methyl sites for hydroxylation is 1. The van der Waals surface area contributed by atoms with Crippen molar-refractivity contribution >= 4 is 17.1 Å². The van der Waals surface area contributed by atoms with Crippen LogP contribution in [0, 0.1) is 0 Å². The molecule has 0 saturated carbocycles. The standard InChI is InChI=1S/C16H17NOS/c1-2-11-9-6-10-13-14(11)17-16(19-13)15(18)12-7-4-3-5-8-12/h3-5,7-8,11H,2,6,9-10H2,1H3. The lowest BCUT2D eigenvalue weighted by atomic mass is 9.89. The third-order valence-electron chi connectivity index (χ3n) is 3.79. The third kappa shape index (κ3) is 2.35. The molecule has 1 aliphatic rings. The van der Waals surface area contributed by atoms with Gasteiger partial charge < -0.3 is 0 Å². The first-order valence-corrected chi connectivity index (χ1v) is 7.70. The molecule has 1 aromatic carbocycles. The van der Waals surface area contributed by atoms with Gasteiger partial charge in [0.25, 0.3) is 0 Å². The molecule has 2 nitrogen and oxygen atoms in total. The normalized spacial score (nSPS) is 18.1. The van der Waals surface area contributed by atoms with E-state index in [0.717, 1.165) is 18.4 Å². The number of benzene rings is 1. The maximum Gasteiger partial charge on any atom is 0.221 e. The number of thiazole rings is 1. The van der Waals surface area contributed by atoms with Crippen LogP contribution in [0.1, 0.15) is 58.0 Å². The number of nitrogens with zero attached hydrogens (tertiary/aromatic N) is 1. The van der Waals surface area contributed by atoms with Crippen molar-refractivity contribution in [2.75, 3.05) is 0 Å². The summed E-state index contributed by atoms with van der Waals surface area (Å²) in [5.41, 5.74) is 1.93. The molecule has 3 heteroatoms. The van der Waals surface area contributed by atoms with Crippen molar-refractivity contribution in [2.24, 2.45) is 0 Å². The van der Waals surface area contributed by atoms with Crippen molar-refractivity contribution in [3.05, 3.63) is 51.5 Å². The van der Waals surface area contributed by atoms with Crippen molar-refractivity contribution in [1.82, 2.24) is 4.98 Å². The fraction of sp³-hybridized carbons (Fsp3) is 0.375. The summed E-state index contributed by atoms with van der Waals surface area (Å²) >= 11 is 1.60. The molecule has 0 N–H and O–H groups in total. The second-order valence-corrected chi connectivity index (χ2v) is 6.10. The second-order valence-electron chi connectivity index (χ2n) is 5.02. The largest absolute Gasteiger partial charge is 0.286 e. The van der Waals surface area contributed by atoms with Gasteiger partial charge in [-0.05, 0) is 25.7 Å². The van der Waals surface area contributed by atoms with Crippen LogP contribution >= 0.6 is 11.3 Å². The van der Waals surface area contributed by atoms with Gasteiger partial charge in [0, 0.05) is 16.4 Å². The summed E-state index contributed by atoms with van der Waals surface area (Å²) in [4.78, 5) is 18.4. The molecular formula is C16H17NOS. The number of aromatic nitrogens is 1. The van der Waals surface area contributed by atoms with Gasteiger partial charge in [0.05, 0.1) is 5.69 Å². The Balaban J connectivity index is 1.95. The van der Waals surface area contributed by atoms with E-state index in [9.17, 15) is 4.79 Å². The van der Waals surface area contributed by atoms with Crippen molar-refractivity contribution in [3.8, 4) is 0 Å². The van der Waals surface area contributed by atoms with E-state index in [1.165, 1.54) is 23.4 Å². The molecule has 1 atom stereocenters. The molecule has 0 spiro atoms. The van der Waals surface area contributed by atoms with E-state index >= 15 is 0 Å². The lowest BCUT2D eigenvalue weighted by Gasteiger charge is -2.18. The van der Waals surface area contributed by atoms with E-state index in [4.69, 9.17) is 0 Å². The van der Waals surface area contributed by atoms with Crippen LogP contribution in [0.3, 0.4) is 0 Å². The molecule has 1 aliphatic carbocycles. The first kappa shape index (κ1) is 12.5. The van der Waals surface area contributed by atoms with Crippen LogP contribution in [0.2, 0.25) is 0 Å². The smallest absolute Gasteiger partial charge is 0.221 e. The highest BCUT2D eigenvalue weighted by Gasteiger charge is 2.25. The number of hydrogen-bond acceptors (Lipinski definition) is 3. The molecule has 1 aromatic heterocycles. The summed E-state index contributed by atoms with van der Waals surface area (Å²) < 4.78 is 0. The molecule has 0 aliphatic heterocycles. The topological polar surface area (TPSA) is 30.0 Å². The molecule has 0 amide bonds. The number of ketones is 1. The molecule has 0 saturated heterocycles. The van der Waals surface area contributed by atoms with Crippen LogP contribution in [0.15, 0.2) is 30.3 Å². The Hall–Kier alpha value is -1.48. The van der Waals surface area contributed by atoms with E-state index in [1.54, 1.807) is 11.3 Å². The average Bonchev–Trinajstić information content (AvgIpc) is 2.91. The van der Waals surface area contributed by atoms with Gasteiger partial charge in [-0.15, -0.1) is 11.3 Å². The molecule has 19 heavy (non-hydrogen) atoms. The van der Waals surface area contributed by atoms with E-state index in [0.29, 0.717) is 10.9 Å². The Morgan fingerprint density at radius 2 is 2.16 bits per heavy atom. The summed E-state index contributed by atoms with van der Waals surface area (Å²) in [6, 6.07) is 9.45. The third-order valence-corrected chi connectivity index (χ3v) is 4.92. The summed E-state index contributed by atoms with van der Waals surface area (Å²) in [5.74, 6) is 0.618. The average molecular weight is 271 g/mol. The fourth-order valence-corrected chi connectivity index (χ4v) is 3.87. The number of rotatable bonds is 3. The molecule has 0 fully saturated rings. The molecule has 2 aromatic rings. The molecule has 1 heterocycles. The molecule has 0 radical (unpaired) electrons. The monoisotopic (exact) mass is 271 g/mol. The Labute approximate surface area is 117 Å². The summed E-state index contributed by atoms with van der Waals surface area (Å²) in [6.07, 6.45) is 4.65. The SMILES string of the molecule is CCC1CCCc2sc(C(=O)c3ccccc3)nc21. The van der Waals surface area contributed by atoms with Gasteiger partial charge >= 0.3 is 0 Å². The Kier molecular flexibility index (Phi) is 3.47. The zero-order valence-corrected chi connectivity index (χ0v) is 11.9. The first-order chi connectivity index (χ1) is 9.29. The maximum absolute atomic E-state index is 12.4. The predicted molar refractivity (Wildman–Crippen MR) is 78.0 cm³/mol. The predicted octanol–water partition coefficient (Wildman–Crippen LogP) is 4.20. The molecule has 3 rings (SSSR count). The van der Waals surface area contributed by atoms with Gasteiger partial charge in [0.15, 0.2) is 5.01 Å². The summed E-state index contributed by atoms with van der Waals surface area (Å²) in [6.45, 7) is 2.21. The quantitative estimate of drug-likeness (QED) is 0.783. The summed E-state index contributed by atoms with van der Waals surface area (Å²) in [5, 5.41) is 0.663. The van der Waals surface area contributed by atoms with E-state index in [1.807, 2.05) is 30.3 Å². The van der Waals surface area contributed by atoms with Gasteiger partial charge in [-0.2, -0.15) is 0 Å². The van der Waals surface area contributed by atoms with Crippen molar-refractivity contribution in [1.29, 1.82) is 0 Å². The van der Waals surface area contributed by atoms with Gasteiger partial charge in [0.2, 0.25) is 5.78 Å². The Bertz CT molecular complexity index is 588. The minimum absolute atomic E-state index is 0.0647. The summed E-state index contributed by atoms with van der Waals surface area (Å²) in [7, 11) is 0. The number of carbonyl (C=O) groups excluding carboxylic acids is 1. The minimum atomic E-state index is 0.0647. The van der Waals surface area contributed by atoms with Crippen LogP contribution in [-0.2, 0) is 6.42 Å². The van der Waals surface area contributed by atoms with Crippen LogP contribution in [0.4, 0.5) is 0 Å². The zero-order valence-electron chi connectivity index (χ0n) is 11.1. The molecule has 1 unspecified atom stereocenters.